The highest BCUT2D eigenvalue weighted by molar-refractivity contribution is 5.80. The molecule has 2 aliphatic rings. The Balaban J connectivity index is 1.42. The highest BCUT2D eigenvalue weighted by atomic mass is 16.5. The molecule has 0 spiro atoms. The molecule has 0 aromatic heterocycles. The first-order valence-corrected chi connectivity index (χ1v) is 22.9. The average Bonchev–Trinajstić information content (AvgIpc) is 3.14. The topological polar surface area (TPSA) is 61.8 Å². The van der Waals surface area contributed by atoms with Gasteiger partial charge in [-0.15, -0.1) is 0 Å². The Morgan fingerprint density at radius 2 is 1.40 bits per heavy atom. The van der Waals surface area contributed by atoms with Gasteiger partial charge < -0.3 is 14.2 Å². The van der Waals surface area contributed by atoms with E-state index in [1.807, 2.05) is 39.0 Å². The molecule has 1 aromatic carbocycles. The van der Waals surface area contributed by atoms with E-state index in [4.69, 9.17) is 14.2 Å². The molecule has 5 nitrogen and oxygen atoms in total. The summed E-state index contributed by atoms with van der Waals surface area (Å²) in [7, 11) is 0. The van der Waals surface area contributed by atoms with Crippen molar-refractivity contribution in [3.8, 4) is 11.5 Å². The van der Waals surface area contributed by atoms with E-state index in [2.05, 4.69) is 87.5 Å². The Bertz CT molecular complexity index is 1680. The number of ether oxygens (including phenoxy) is 3. The van der Waals surface area contributed by atoms with Crippen LogP contribution in [0.1, 0.15) is 188 Å². The molecule has 1 aliphatic carbocycles. The maximum Gasteiger partial charge on any atom is 0.311 e. The van der Waals surface area contributed by atoms with Crippen molar-refractivity contribution in [1.29, 1.82) is 0 Å². The van der Waals surface area contributed by atoms with Crippen molar-refractivity contribution in [2.45, 2.75) is 198 Å². The van der Waals surface area contributed by atoms with Crippen LogP contribution in [0, 0.1) is 43.9 Å². The fourth-order valence-electron chi connectivity index (χ4n) is 8.82. The molecule has 0 fully saturated rings. The largest absolute Gasteiger partial charge is 0.487 e. The van der Waals surface area contributed by atoms with Gasteiger partial charge in [-0.2, -0.15) is 0 Å². The molecule has 5 heteroatoms. The highest BCUT2D eigenvalue weighted by Gasteiger charge is 2.35. The second kappa shape index (κ2) is 23.4. The summed E-state index contributed by atoms with van der Waals surface area (Å²) in [6.45, 7) is 29.0. The normalized spacial score (nSPS) is 19.8. The maximum absolute atomic E-state index is 13.0. The smallest absolute Gasteiger partial charge is 0.311 e. The number of esters is 2. The molecule has 3 atom stereocenters. The van der Waals surface area contributed by atoms with E-state index in [1.165, 1.54) is 87.3 Å². The lowest BCUT2D eigenvalue weighted by atomic mass is 9.72. The van der Waals surface area contributed by atoms with Gasteiger partial charge in [0.15, 0.2) is 0 Å². The summed E-state index contributed by atoms with van der Waals surface area (Å²) in [5.41, 5.74) is 9.21. The molecule has 0 N–H and O–H groups in total. The summed E-state index contributed by atoms with van der Waals surface area (Å²) < 4.78 is 18.2. The van der Waals surface area contributed by atoms with Crippen LogP contribution in [0.15, 0.2) is 58.7 Å². The predicted octanol–water partition coefficient (Wildman–Crippen LogP) is 14.9. The van der Waals surface area contributed by atoms with E-state index in [1.54, 1.807) is 0 Å². The molecular formula is C53H82O5. The van der Waals surface area contributed by atoms with Gasteiger partial charge in [-0.1, -0.05) is 134 Å². The third kappa shape index (κ3) is 16.0. The number of rotatable bonds is 22. The van der Waals surface area contributed by atoms with Crippen LogP contribution >= 0.6 is 0 Å². The highest BCUT2D eigenvalue weighted by Crippen LogP contribution is 2.45. The van der Waals surface area contributed by atoms with Crippen LogP contribution < -0.4 is 9.47 Å². The van der Waals surface area contributed by atoms with Crippen molar-refractivity contribution in [3.05, 3.63) is 81.0 Å². The van der Waals surface area contributed by atoms with Crippen LogP contribution in [0.4, 0.5) is 0 Å². The first kappa shape index (κ1) is 49.0. The number of fused-ring (bicyclic) bond motifs is 1. The molecule has 58 heavy (non-hydrogen) atoms. The summed E-state index contributed by atoms with van der Waals surface area (Å²) in [5, 5.41) is 0. The third-order valence-electron chi connectivity index (χ3n) is 13.0. The lowest BCUT2D eigenvalue weighted by Crippen LogP contribution is -2.37. The van der Waals surface area contributed by atoms with E-state index in [0.29, 0.717) is 5.75 Å². The van der Waals surface area contributed by atoms with Crippen molar-refractivity contribution in [2.75, 3.05) is 6.61 Å². The fraction of sp³-hybridized carbons (Fsp3) is 0.660. The minimum Gasteiger partial charge on any atom is -0.487 e. The van der Waals surface area contributed by atoms with E-state index < -0.39 is 11.9 Å². The minimum absolute atomic E-state index is 0.0256. The molecule has 0 amide bonds. The van der Waals surface area contributed by atoms with Gasteiger partial charge in [0.2, 0.25) is 0 Å². The molecule has 1 aliphatic heterocycles. The van der Waals surface area contributed by atoms with Crippen molar-refractivity contribution < 1.29 is 23.8 Å². The molecule has 0 bridgehead atoms. The number of carbonyl (C=O) groups is 2. The Labute approximate surface area is 355 Å². The van der Waals surface area contributed by atoms with E-state index in [0.717, 1.165) is 70.6 Å². The first-order chi connectivity index (χ1) is 27.3. The monoisotopic (exact) mass is 799 g/mol. The van der Waals surface area contributed by atoms with Crippen LogP contribution in [0.3, 0.4) is 0 Å². The zero-order valence-electron chi connectivity index (χ0n) is 39.3. The summed E-state index contributed by atoms with van der Waals surface area (Å²) in [4.78, 5) is 25.5. The molecule has 0 unspecified atom stereocenters. The molecule has 3 rings (SSSR count). The standard InChI is InChI=1S/C53H82O5/c1-37(2)19-14-20-38(3)21-15-22-39(4)25-17-34-53(13)35-31-46-45(10)50(43(8)44(9)51(46)58-53)57-49(55)30-29-48(54)56-36-32-41(6)24-16-23-40(5)27-28-47-42(7)26-18-33-52(47,11)12/h16,23-24,27-28,32,37-39H,14-15,17-22,25-26,29-31,33-36H2,1-13H3/b24-16+,28-27+,40-23+,41-32+/t38-,39-,53-/m1/s1. The summed E-state index contributed by atoms with van der Waals surface area (Å²) in [6.07, 6.45) is 29.5. The minimum atomic E-state index is -0.428. The first-order valence-electron chi connectivity index (χ1n) is 22.9. The third-order valence-corrected chi connectivity index (χ3v) is 13.0. The van der Waals surface area contributed by atoms with Gasteiger partial charge in [-0.25, -0.2) is 0 Å². The van der Waals surface area contributed by atoms with Crippen LogP contribution in [0.25, 0.3) is 0 Å². The molecule has 0 saturated heterocycles. The van der Waals surface area contributed by atoms with Crippen molar-refractivity contribution in [1.82, 2.24) is 0 Å². The van der Waals surface area contributed by atoms with Gasteiger partial charge in [0, 0.05) is 5.56 Å². The van der Waals surface area contributed by atoms with Crippen molar-refractivity contribution in [2.24, 2.45) is 23.2 Å². The lowest BCUT2D eigenvalue weighted by molar-refractivity contribution is -0.146. The van der Waals surface area contributed by atoms with Gasteiger partial charge in [0.05, 0.1) is 12.8 Å². The fourth-order valence-corrected chi connectivity index (χ4v) is 8.82. The summed E-state index contributed by atoms with van der Waals surface area (Å²) >= 11 is 0. The Morgan fingerprint density at radius 3 is 2.05 bits per heavy atom. The second-order valence-corrected chi connectivity index (χ2v) is 19.6. The number of allylic oxidation sites excluding steroid dienone is 9. The van der Waals surface area contributed by atoms with Crippen molar-refractivity contribution in [3.63, 3.8) is 0 Å². The van der Waals surface area contributed by atoms with Gasteiger partial charge in [-0.3, -0.25) is 9.59 Å². The summed E-state index contributed by atoms with van der Waals surface area (Å²) in [5.74, 6) is 3.11. The van der Waals surface area contributed by atoms with Gasteiger partial charge in [0.25, 0.3) is 0 Å². The van der Waals surface area contributed by atoms with Crippen LogP contribution in [0.2, 0.25) is 0 Å². The van der Waals surface area contributed by atoms with Gasteiger partial charge in [0.1, 0.15) is 23.7 Å². The Morgan fingerprint density at radius 1 is 0.759 bits per heavy atom. The molecular weight excluding hydrogens is 717 g/mol. The lowest BCUT2D eigenvalue weighted by Gasteiger charge is -2.38. The molecule has 324 valence electrons. The molecule has 1 aromatic rings. The van der Waals surface area contributed by atoms with Crippen LogP contribution in [-0.4, -0.2) is 24.1 Å². The Hall–Kier alpha value is -3.34. The Kier molecular flexibility index (Phi) is 19.8. The summed E-state index contributed by atoms with van der Waals surface area (Å²) in [6, 6.07) is 0. The molecule has 1 heterocycles. The van der Waals surface area contributed by atoms with Crippen LogP contribution in [-0.2, 0) is 20.7 Å². The van der Waals surface area contributed by atoms with E-state index >= 15 is 0 Å². The SMILES string of the molecule is CC1=C(/C=C/C(C)=C/C=C/C(C)=C/COC(=O)CCC(=O)Oc2c(C)c(C)c3c(c2C)CC[C@@](C)(CCC[C@H](C)CCC[C@H](C)CCCC(C)C)O3)C(C)(C)CCC1. The molecule has 0 saturated carbocycles. The predicted molar refractivity (Wildman–Crippen MR) is 245 cm³/mol. The van der Waals surface area contributed by atoms with Gasteiger partial charge >= 0.3 is 11.9 Å². The van der Waals surface area contributed by atoms with Crippen molar-refractivity contribution >= 4 is 11.9 Å². The number of carbonyl (C=O) groups excluding carboxylic acids is 2. The molecule has 0 radical (unpaired) electrons. The van der Waals surface area contributed by atoms with Gasteiger partial charge in [-0.05, 0) is 145 Å². The number of benzene rings is 1. The quantitative estimate of drug-likeness (QED) is 0.0664. The average molecular weight is 799 g/mol. The number of hydrogen-bond donors (Lipinski definition) is 0. The zero-order chi connectivity index (χ0) is 43.0. The van der Waals surface area contributed by atoms with Crippen LogP contribution in [0.5, 0.6) is 11.5 Å². The zero-order valence-corrected chi connectivity index (χ0v) is 39.3. The number of hydrogen-bond acceptors (Lipinski definition) is 5. The second-order valence-electron chi connectivity index (χ2n) is 19.6. The maximum atomic E-state index is 13.0. The van der Waals surface area contributed by atoms with E-state index in [-0.39, 0.29) is 30.5 Å². The van der Waals surface area contributed by atoms with E-state index in [9.17, 15) is 9.59 Å².